The molecule has 1 aliphatic rings. The lowest BCUT2D eigenvalue weighted by Gasteiger charge is -2.24. The molecule has 88 valence electrons. The van der Waals surface area contributed by atoms with Gasteiger partial charge in [0.05, 0.1) is 5.88 Å². The van der Waals surface area contributed by atoms with E-state index in [4.69, 9.17) is 16.3 Å². The summed E-state index contributed by atoms with van der Waals surface area (Å²) in [6.45, 7) is 0.602. The smallest absolute Gasteiger partial charge is 0.122 e. The predicted octanol–water partition coefficient (Wildman–Crippen LogP) is 4.35. The van der Waals surface area contributed by atoms with Crippen LogP contribution >= 0.6 is 11.6 Å². The van der Waals surface area contributed by atoms with Crippen LogP contribution < -0.4 is 4.74 Å². The first kappa shape index (κ1) is 11.8. The lowest BCUT2D eigenvalue weighted by atomic mass is 9.84. The van der Waals surface area contributed by atoms with Gasteiger partial charge in [-0.2, -0.15) is 0 Å². The number of hydrogen-bond donors (Lipinski definition) is 0. The van der Waals surface area contributed by atoms with E-state index in [0.29, 0.717) is 18.4 Å². The third kappa shape index (κ3) is 2.91. The van der Waals surface area contributed by atoms with Gasteiger partial charge in [0, 0.05) is 0 Å². The molecule has 1 aliphatic carbocycles. The van der Waals surface area contributed by atoms with Crippen LogP contribution in [0.2, 0.25) is 0 Å². The second kappa shape index (κ2) is 6.15. The van der Waals surface area contributed by atoms with Crippen LogP contribution in [0.1, 0.15) is 43.6 Å². The first-order valence-electron chi connectivity index (χ1n) is 6.19. The Labute approximate surface area is 103 Å². The molecule has 0 spiro atoms. The SMILES string of the molecule is ClCCOc1ccccc1C1CCCCC1. The summed E-state index contributed by atoms with van der Waals surface area (Å²) in [5.41, 5.74) is 1.38. The van der Waals surface area contributed by atoms with Crippen molar-refractivity contribution in [3.8, 4) is 5.75 Å². The van der Waals surface area contributed by atoms with Gasteiger partial charge >= 0.3 is 0 Å². The first-order valence-corrected chi connectivity index (χ1v) is 6.73. The quantitative estimate of drug-likeness (QED) is 0.709. The molecule has 0 N–H and O–H groups in total. The van der Waals surface area contributed by atoms with Gasteiger partial charge in [-0.05, 0) is 30.4 Å². The fourth-order valence-corrected chi connectivity index (χ4v) is 2.59. The Morgan fingerprint density at radius 2 is 1.88 bits per heavy atom. The third-order valence-corrected chi connectivity index (χ3v) is 3.45. The molecule has 1 saturated carbocycles. The van der Waals surface area contributed by atoms with Crippen LogP contribution in [-0.2, 0) is 0 Å². The van der Waals surface area contributed by atoms with Gasteiger partial charge in [-0.3, -0.25) is 0 Å². The summed E-state index contributed by atoms with van der Waals surface area (Å²) in [6, 6.07) is 8.42. The number of ether oxygens (including phenoxy) is 1. The minimum absolute atomic E-state index is 0.555. The Bertz CT molecular complexity index is 318. The Kier molecular flexibility index (Phi) is 4.53. The summed E-state index contributed by atoms with van der Waals surface area (Å²) < 4.78 is 5.71. The molecule has 0 radical (unpaired) electrons. The number of halogens is 1. The second-order valence-corrected chi connectivity index (χ2v) is 4.79. The van der Waals surface area contributed by atoms with Crippen LogP contribution in [0.25, 0.3) is 0 Å². The van der Waals surface area contributed by atoms with Gasteiger partial charge in [0.2, 0.25) is 0 Å². The molecule has 0 saturated heterocycles. The van der Waals surface area contributed by atoms with Crippen molar-refractivity contribution in [1.82, 2.24) is 0 Å². The maximum atomic E-state index is 5.71. The number of benzene rings is 1. The largest absolute Gasteiger partial charge is 0.492 e. The number of rotatable bonds is 4. The maximum absolute atomic E-state index is 5.71. The molecular weight excluding hydrogens is 220 g/mol. The Balaban J connectivity index is 2.11. The van der Waals surface area contributed by atoms with Gasteiger partial charge in [-0.15, -0.1) is 11.6 Å². The highest BCUT2D eigenvalue weighted by molar-refractivity contribution is 6.18. The summed E-state index contributed by atoms with van der Waals surface area (Å²) in [4.78, 5) is 0. The topological polar surface area (TPSA) is 9.23 Å². The van der Waals surface area contributed by atoms with Crippen molar-refractivity contribution in [2.45, 2.75) is 38.0 Å². The van der Waals surface area contributed by atoms with E-state index in [9.17, 15) is 0 Å². The fraction of sp³-hybridized carbons (Fsp3) is 0.571. The van der Waals surface area contributed by atoms with E-state index in [2.05, 4.69) is 18.2 Å². The van der Waals surface area contributed by atoms with Crippen molar-refractivity contribution < 1.29 is 4.74 Å². The van der Waals surface area contributed by atoms with E-state index in [1.807, 2.05) is 6.07 Å². The number of hydrogen-bond acceptors (Lipinski definition) is 1. The summed E-state index contributed by atoms with van der Waals surface area (Å²) in [5, 5.41) is 0. The molecule has 0 amide bonds. The van der Waals surface area contributed by atoms with Crippen LogP contribution in [0, 0.1) is 0 Å². The molecule has 1 nitrogen and oxygen atoms in total. The van der Waals surface area contributed by atoms with Crippen molar-refractivity contribution in [2.75, 3.05) is 12.5 Å². The summed E-state index contributed by atoms with van der Waals surface area (Å²) in [6.07, 6.45) is 6.71. The minimum atomic E-state index is 0.555. The molecule has 16 heavy (non-hydrogen) atoms. The molecule has 0 bridgehead atoms. The number of alkyl halides is 1. The number of para-hydroxylation sites is 1. The first-order chi connectivity index (χ1) is 7.92. The average molecular weight is 239 g/mol. The zero-order valence-corrected chi connectivity index (χ0v) is 10.4. The minimum Gasteiger partial charge on any atom is -0.492 e. The maximum Gasteiger partial charge on any atom is 0.122 e. The molecule has 2 rings (SSSR count). The molecule has 0 heterocycles. The molecule has 0 atom stereocenters. The summed E-state index contributed by atoms with van der Waals surface area (Å²) in [7, 11) is 0. The van der Waals surface area contributed by atoms with Crippen LogP contribution in [0.5, 0.6) is 5.75 Å². The molecule has 1 aromatic carbocycles. The second-order valence-electron chi connectivity index (χ2n) is 4.41. The van der Waals surface area contributed by atoms with E-state index in [-0.39, 0.29) is 0 Å². The van der Waals surface area contributed by atoms with E-state index in [1.54, 1.807) is 0 Å². The highest BCUT2D eigenvalue weighted by atomic mass is 35.5. The van der Waals surface area contributed by atoms with Gasteiger partial charge in [0.25, 0.3) is 0 Å². The van der Waals surface area contributed by atoms with Crippen molar-refractivity contribution >= 4 is 11.6 Å². The zero-order chi connectivity index (χ0) is 11.2. The van der Waals surface area contributed by atoms with Crippen LogP contribution in [0.4, 0.5) is 0 Å². The van der Waals surface area contributed by atoms with Crippen molar-refractivity contribution in [2.24, 2.45) is 0 Å². The molecular formula is C14H19ClO. The van der Waals surface area contributed by atoms with Gasteiger partial charge in [-0.25, -0.2) is 0 Å². The third-order valence-electron chi connectivity index (χ3n) is 3.30. The van der Waals surface area contributed by atoms with Gasteiger partial charge in [-0.1, -0.05) is 37.5 Å². The van der Waals surface area contributed by atoms with Crippen LogP contribution in [-0.4, -0.2) is 12.5 Å². The molecule has 0 aromatic heterocycles. The normalized spacial score (nSPS) is 17.3. The highest BCUT2D eigenvalue weighted by Crippen LogP contribution is 2.37. The van der Waals surface area contributed by atoms with Crippen molar-refractivity contribution in [1.29, 1.82) is 0 Å². The van der Waals surface area contributed by atoms with Crippen molar-refractivity contribution in [3.05, 3.63) is 29.8 Å². The van der Waals surface area contributed by atoms with E-state index < -0.39 is 0 Å². The van der Waals surface area contributed by atoms with E-state index >= 15 is 0 Å². The predicted molar refractivity (Wildman–Crippen MR) is 68.5 cm³/mol. The van der Waals surface area contributed by atoms with Gasteiger partial charge < -0.3 is 4.74 Å². The van der Waals surface area contributed by atoms with Crippen molar-refractivity contribution in [3.63, 3.8) is 0 Å². The lowest BCUT2D eigenvalue weighted by molar-refractivity contribution is 0.330. The fourth-order valence-electron chi connectivity index (χ4n) is 2.51. The molecule has 1 fully saturated rings. The van der Waals surface area contributed by atoms with Gasteiger partial charge in [0.1, 0.15) is 12.4 Å². The molecule has 0 unspecified atom stereocenters. The molecule has 0 aliphatic heterocycles. The highest BCUT2D eigenvalue weighted by Gasteiger charge is 2.18. The van der Waals surface area contributed by atoms with Crippen LogP contribution in [0.15, 0.2) is 24.3 Å². The summed E-state index contributed by atoms with van der Waals surface area (Å²) in [5.74, 6) is 2.29. The molecule has 1 aromatic rings. The standard InChI is InChI=1S/C14H19ClO/c15-10-11-16-14-9-5-4-8-13(14)12-6-2-1-3-7-12/h4-5,8-9,12H,1-3,6-7,10-11H2. The zero-order valence-electron chi connectivity index (χ0n) is 9.62. The van der Waals surface area contributed by atoms with E-state index in [0.717, 1.165) is 5.75 Å². The Hall–Kier alpha value is -0.690. The molecule has 2 heteroatoms. The summed E-state index contributed by atoms with van der Waals surface area (Å²) >= 11 is 5.66. The van der Waals surface area contributed by atoms with Gasteiger partial charge in [0.15, 0.2) is 0 Å². The Morgan fingerprint density at radius 3 is 2.62 bits per heavy atom. The lowest BCUT2D eigenvalue weighted by Crippen LogP contribution is -2.08. The van der Waals surface area contributed by atoms with Crippen LogP contribution in [0.3, 0.4) is 0 Å². The Morgan fingerprint density at radius 1 is 1.12 bits per heavy atom. The average Bonchev–Trinajstić information content (AvgIpc) is 2.38. The monoisotopic (exact) mass is 238 g/mol. The van der Waals surface area contributed by atoms with E-state index in [1.165, 1.54) is 37.7 Å².